The number of fused-ring (bicyclic) bond motifs is 1. The summed E-state index contributed by atoms with van der Waals surface area (Å²) in [6, 6.07) is 2.73. The fourth-order valence-corrected chi connectivity index (χ4v) is 2.98. The quantitative estimate of drug-likeness (QED) is 0.284. The first-order valence-electron chi connectivity index (χ1n) is 8.84. The molecular weight excluding hydrogens is 468 g/mol. The van der Waals surface area contributed by atoms with Gasteiger partial charge in [-0.25, -0.2) is 23.2 Å². The number of hydrogen-bond acceptors (Lipinski definition) is 8. The fraction of sp³-hybridized carbons (Fsp3) is 0.438. The van der Waals surface area contributed by atoms with E-state index < -0.39 is 37.6 Å². The van der Waals surface area contributed by atoms with Crippen molar-refractivity contribution in [2.75, 3.05) is 6.54 Å². The number of nitrogens with two attached hydrogens (primary N) is 1. The highest BCUT2D eigenvalue weighted by atomic mass is 31.1. The predicted octanol–water partition coefficient (Wildman–Crippen LogP) is 2.69. The molecule has 0 saturated heterocycles. The molecular formula is C16H19F5N5O5P. The monoisotopic (exact) mass is 487 g/mol. The van der Waals surface area contributed by atoms with Gasteiger partial charge in [-0.3, -0.25) is 4.79 Å². The van der Waals surface area contributed by atoms with Gasteiger partial charge in [0.2, 0.25) is 11.7 Å². The zero-order chi connectivity index (χ0) is 24.1. The first-order chi connectivity index (χ1) is 14.9. The van der Waals surface area contributed by atoms with E-state index in [4.69, 9.17) is 20.1 Å². The number of aromatic nitrogens is 3. The number of rotatable bonds is 5. The van der Waals surface area contributed by atoms with E-state index in [1.807, 2.05) is 0 Å². The largest absolute Gasteiger partial charge is 0.496 e. The highest BCUT2D eigenvalue weighted by molar-refractivity contribution is 7.24. The Morgan fingerprint density at radius 2 is 1.91 bits per heavy atom. The molecule has 0 bridgehead atoms. The molecule has 16 heteroatoms. The fourth-order valence-electron chi connectivity index (χ4n) is 2.98. The molecule has 0 fully saturated rings. The molecule has 0 aliphatic carbocycles. The second-order valence-corrected chi connectivity index (χ2v) is 7.24. The van der Waals surface area contributed by atoms with Gasteiger partial charge < -0.3 is 15.2 Å². The Kier molecular flexibility index (Phi) is 8.55. The summed E-state index contributed by atoms with van der Waals surface area (Å²) in [4.78, 5) is 13.7. The van der Waals surface area contributed by atoms with E-state index in [-0.39, 0.29) is 45.6 Å². The van der Waals surface area contributed by atoms with Crippen LogP contribution in [0.5, 0.6) is 0 Å². The van der Waals surface area contributed by atoms with Gasteiger partial charge in [0.05, 0.1) is 6.54 Å². The average Bonchev–Trinajstić information content (AvgIpc) is 3.14. The molecule has 1 aromatic heterocycles. The molecule has 10 nitrogen and oxygen atoms in total. The smallest absolute Gasteiger partial charge is 0.333 e. The van der Waals surface area contributed by atoms with E-state index in [1.165, 1.54) is 11.0 Å². The van der Waals surface area contributed by atoms with Gasteiger partial charge in [0, 0.05) is 27.0 Å². The van der Waals surface area contributed by atoms with Gasteiger partial charge in [0.1, 0.15) is 0 Å². The molecule has 0 saturated carbocycles. The van der Waals surface area contributed by atoms with Crippen LogP contribution in [0.4, 0.5) is 22.0 Å². The van der Waals surface area contributed by atoms with Crippen molar-refractivity contribution >= 4 is 13.8 Å². The first-order valence-corrected chi connectivity index (χ1v) is 9.94. The van der Waals surface area contributed by atoms with Gasteiger partial charge >= 0.3 is 14.1 Å². The van der Waals surface area contributed by atoms with Crippen molar-refractivity contribution in [2.45, 2.75) is 38.1 Å². The van der Waals surface area contributed by atoms with E-state index in [0.29, 0.717) is 5.56 Å². The molecule has 0 spiro atoms. The van der Waals surface area contributed by atoms with Gasteiger partial charge in [-0.05, 0) is 24.1 Å². The number of hydrogen-bond donors (Lipinski definition) is 2. The summed E-state index contributed by atoms with van der Waals surface area (Å²) in [5.41, 5.74) is 6.36. The topological polar surface area (TPSA) is 141 Å². The summed E-state index contributed by atoms with van der Waals surface area (Å²) >= 11 is 0. The third-order valence-corrected chi connectivity index (χ3v) is 4.48. The Labute approximate surface area is 179 Å². The van der Waals surface area contributed by atoms with E-state index in [2.05, 4.69) is 14.9 Å². The van der Waals surface area contributed by atoms with Crippen molar-refractivity contribution < 1.29 is 47.2 Å². The summed E-state index contributed by atoms with van der Waals surface area (Å²) in [7, 11) is -3.04. The summed E-state index contributed by atoms with van der Waals surface area (Å²) in [5, 5.41) is 13.7. The summed E-state index contributed by atoms with van der Waals surface area (Å²) in [5.74, 6) is -3.36. The highest BCUT2D eigenvalue weighted by Crippen LogP contribution is 2.29. The molecule has 32 heavy (non-hydrogen) atoms. The Hall–Kier alpha value is -2.74. The number of carbonyl (C=O) groups excluding carboxylic acids is 1. The van der Waals surface area contributed by atoms with Crippen molar-refractivity contribution in [2.24, 2.45) is 5.73 Å². The third kappa shape index (κ3) is 6.88. The Bertz CT molecular complexity index is 1030. The second-order valence-electron chi connectivity index (χ2n) is 6.63. The maximum absolute atomic E-state index is 13.2. The molecule has 1 amide bonds. The number of benzene rings is 1. The maximum Gasteiger partial charge on any atom is 0.496 e. The molecule has 178 valence electrons. The summed E-state index contributed by atoms with van der Waals surface area (Å²) in [6.07, 6.45) is -4.53. The number of alkyl halides is 3. The van der Waals surface area contributed by atoms with E-state index in [0.717, 1.165) is 16.7 Å². The minimum atomic E-state index is -4.61. The van der Waals surface area contributed by atoms with Crippen molar-refractivity contribution in [3.63, 3.8) is 0 Å². The Balaban J connectivity index is 0.000000821. The lowest BCUT2D eigenvalue weighted by Gasteiger charge is -2.29. The zero-order valence-corrected chi connectivity index (χ0v) is 17.0. The first kappa shape index (κ1) is 25.5. The average molecular weight is 487 g/mol. The van der Waals surface area contributed by atoms with Crippen LogP contribution < -0.4 is 5.73 Å². The van der Waals surface area contributed by atoms with E-state index in [9.17, 15) is 26.7 Å². The molecule has 3 N–H and O–H groups in total. The molecule has 1 atom stereocenters. The zero-order valence-electron chi connectivity index (χ0n) is 16.1. The second kappa shape index (κ2) is 10.7. The predicted molar refractivity (Wildman–Crippen MR) is 97.2 cm³/mol. The van der Waals surface area contributed by atoms with Gasteiger partial charge in [-0.15, -0.1) is 14.9 Å². The molecule has 1 aliphatic heterocycles. The van der Waals surface area contributed by atoms with Crippen LogP contribution in [-0.4, -0.2) is 43.4 Å². The molecule has 1 aromatic carbocycles. The third-order valence-electron chi connectivity index (χ3n) is 4.34. The van der Waals surface area contributed by atoms with Gasteiger partial charge in [-0.1, -0.05) is 6.07 Å². The molecule has 2 aromatic rings. The van der Waals surface area contributed by atoms with Crippen molar-refractivity contribution in [1.29, 1.82) is 0 Å². The maximum atomic E-state index is 13.2. The highest BCUT2D eigenvalue weighted by Gasteiger charge is 2.39. The lowest BCUT2D eigenvalue weighted by Crippen LogP contribution is -2.42. The lowest BCUT2D eigenvalue weighted by atomic mass is 10.0. The molecule has 1 aliphatic rings. The SMILES string of the molecule is N[C@@H](CC(=O)N1CCn2c(nnc2C(F)(F)F)C1)Cc1ccc(F)c(F)c1.O=P(=O)OO.[HH]. The molecule has 0 radical (unpaired) electrons. The molecule has 3 rings (SSSR count). The van der Waals surface area contributed by atoms with Crippen LogP contribution in [0.25, 0.3) is 0 Å². The number of halogens is 5. The Morgan fingerprint density at radius 3 is 2.47 bits per heavy atom. The summed E-state index contributed by atoms with van der Waals surface area (Å²) < 4.78 is 86.2. The molecule has 0 unspecified atom stereocenters. The van der Waals surface area contributed by atoms with Gasteiger partial charge in [0.15, 0.2) is 17.5 Å². The van der Waals surface area contributed by atoms with E-state index >= 15 is 0 Å². The number of amides is 1. The van der Waals surface area contributed by atoms with Crippen LogP contribution in [0.3, 0.4) is 0 Å². The van der Waals surface area contributed by atoms with Crippen molar-refractivity contribution in [1.82, 2.24) is 19.7 Å². The van der Waals surface area contributed by atoms with Crippen LogP contribution in [0.2, 0.25) is 0 Å². The minimum Gasteiger partial charge on any atom is -0.333 e. The van der Waals surface area contributed by atoms with Crippen molar-refractivity contribution in [3.8, 4) is 0 Å². The minimum absolute atomic E-state index is 0. The number of carbonyl (C=O) groups is 1. The summed E-state index contributed by atoms with van der Waals surface area (Å²) in [6.45, 7) is -0.0913. The van der Waals surface area contributed by atoms with Crippen molar-refractivity contribution in [3.05, 3.63) is 47.0 Å². The van der Waals surface area contributed by atoms with Crippen LogP contribution in [-0.2, 0) is 44.3 Å². The normalized spacial score (nSPS) is 14.3. The van der Waals surface area contributed by atoms with Crippen LogP contribution in [0, 0.1) is 11.6 Å². The van der Waals surface area contributed by atoms with Gasteiger partial charge in [0.25, 0.3) is 0 Å². The van der Waals surface area contributed by atoms with Crippen LogP contribution >= 0.6 is 7.91 Å². The standard InChI is InChI=1S/C16H16F5N5O.HO4P.H2/c17-11-2-1-9(6-12(11)18)5-10(22)7-14(27)25-3-4-26-13(8-25)23-24-15(26)16(19,20)21;1-4-5(2)3;/h1-2,6,10H,3-5,7-8,22H2;1H;1H/t10-;;/m1../s1. The Morgan fingerprint density at radius 1 is 1.25 bits per heavy atom. The van der Waals surface area contributed by atoms with E-state index in [1.54, 1.807) is 0 Å². The van der Waals surface area contributed by atoms with Gasteiger partial charge in [-0.2, -0.15) is 13.2 Å². The van der Waals surface area contributed by atoms with Crippen LogP contribution in [0.1, 0.15) is 25.1 Å². The number of nitrogens with zero attached hydrogens (tertiary/aromatic N) is 4. The van der Waals surface area contributed by atoms with Crippen LogP contribution in [0.15, 0.2) is 18.2 Å². The molecule has 2 heterocycles. The lowest BCUT2D eigenvalue weighted by molar-refractivity contribution is -0.148.